The summed E-state index contributed by atoms with van der Waals surface area (Å²) < 4.78 is 12.8. The third kappa shape index (κ3) is 6.44. The first-order valence-corrected chi connectivity index (χ1v) is 15.4. The van der Waals surface area contributed by atoms with Crippen LogP contribution in [0.4, 0.5) is 16.2 Å². The van der Waals surface area contributed by atoms with Gasteiger partial charge in [-0.25, -0.2) is 4.79 Å². The highest BCUT2D eigenvalue weighted by atomic mass is 127. The van der Waals surface area contributed by atoms with Crippen molar-refractivity contribution in [1.82, 2.24) is 0 Å². The van der Waals surface area contributed by atoms with E-state index in [0.717, 1.165) is 56.0 Å². The van der Waals surface area contributed by atoms with E-state index in [0.29, 0.717) is 42.8 Å². The number of carbonyl (C=O) groups is 2. The van der Waals surface area contributed by atoms with Crippen molar-refractivity contribution in [3.63, 3.8) is 0 Å². The van der Waals surface area contributed by atoms with Crippen LogP contribution >= 0.6 is 0 Å². The first-order valence-electron chi connectivity index (χ1n) is 15.4. The molecule has 2 amide bonds. The molecule has 4 aromatic rings. The molecule has 3 saturated heterocycles. The molecule has 2 bridgehead atoms. The van der Waals surface area contributed by atoms with E-state index < -0.39 is 6.09 Å². The molecule has 7 rings (SSSR count). The van der Waals surface area contributed by atoms with E-state index in [1.54, 1.807) is 0 Å². The normalized spacial score (nSPS) is 23.8. The maximum atomic E-state index is 13.2. The predicted molar refractivity (Wildman–Crippen MR) is 170 cm³/mol. The topological polar surface area (TPSA) is 100 Å². The number of rotatable bonds is 8. The number of halogens is 1. The van der Waals surface area contributed by atoms with Crippen LogP contribution in [0.15, 0.2) is 84.9 Å². The van der Waals surface area contributed by atoms with E-state index in [9.17, 15) is 14.7 Å². The number of epoxide rings is 1. The van der Waals surface area contributed by atoms with Crippen molar-refractivity contribution in [3.8, 4) is 11.1 Å². The fraction of sp³-hybridized carbons (Fsp3) is 0.333. The van der Waals surface area contributed by atoms with Crippen LogP contribution < -0.4 is 34.6 Å². The highest BCUT2D eigenvalue weighted by Gasteiger charge is 2.70. The molecule has 45 heavy (non-hydrogen) atoms. The lowest BCUT2D eigenvalue weighted by molar-refractivity contribution is -0.938. The Morgan fingerprint density at radius 3 is 2.29 bits per heavy atom. The van der Waals surface area contributed by atoms with Crippen LogP contribution in [-0.4, -0.2) is 66.1 Å². The number of amides is 2. The fourth-order valence-corrected chi connectivity index (χ4v) is 7.26. The summed E-state index contributed by atoms with van der Waals surface area (Å²) in [5.74, 6) is -0.0901. The predicted octanol–water partition coefficient (Wildman–Crippen LogP) is 2.88. The van der Waals surface area contributed by atoms with Crippen molar-refractivity contribution in [2.24, 2.45) is 0 Å². The Labute approximate surface area is 280 Å². The number of nitrogens with zero attached hydrogens (tertiary/aromatic N) is 1. The van der Waals surface area contributed by atoms with E-state index >= 15 is 0 Å². The number of likely N-dealkylation sites (N-methyl/N-ethyl adjacent to an activating group) is 1. The molecule has 8 nitrogen and oxygen atoms in total. The molecule has 234 valence electrons. The number of quaternary nitrogens is 1. The first kappa shape index (κ1) is 31.5. The standard InChI is InChI=1S/C36H37N3O5.HI/c1-39(2)31-19-28(20-32(39)35-34(31)44-35)43-36(42)38-30-17-22(9-14-29(30)24-6-4-3-5-7-24)10-15-33(41)37-27-13-12-25-16-23(21-40)8-11-26(25)18-27;/h3-9,11-14,16-18,28,31-32,34-35,40H,10,15,19-21H2,1-2H3,(H-,37,38,41,42);1H/t28?,31-,32+,34-,35+;. The number of aliphatic hydroxyl groups is 1. The number of anilines is 2. The summed E-state index contributed by atoms with van der Waals surface area (Å²) in [6.07, 6.45) is 2.42. The van der Waals surface area contributed by atoms with Crippen molar-refractivity contribution in [1.29, 1.82) is 0 Å². The Balaban J connectivity index is 0.00000357. The van der Waals surface area contributed by atoms with Gasteiger partial charge in [0.25, 0.3) is 0 Å². The highest BCUT2D eigenvalue weighted by molar-refractivity contribution is 5.95. The molecule has 0 radical (unpaired) electrons. The number of nitrogens with one attached hydrogen (secondary N) is 2. The maximum Gasteiger partial charge on any atom is 0.411 e. The van der Waals surface area contributed by atoms with Gasteiger partial charge in [0, 0.05) is 30.5 Å². The largest absolute Gasteiger partial charge is 1.00 e. The summed E-state index contributed by atoms with van der Waals surface area (Å²) in [5.41, 5.74) is 5.07. The third-order valence-corrected chi connectivity index (χ3v) is 9.73. The highest BCUT2D eigenvalue weighted by Crippen LogP contribution is 2.51. The number of hydrogen-bond acceptors (Lipinski definition) is 5. The molecule has 0 spiro atoms. The van der Waals surface area contributed by atoms with E-state index in [1.165, 1.54) is 0 Å². The molecular formula is C36H38IN3O5. The second-order valence-electron chi connectivity index (χ2n) is 12.8. The average molecular weight is 720 g/mol. The minimum absolute atomic E-state index is 0. The van der Waals surface area contributed by atoms with E-state index in [2.05, 4.69) is 24.7 Å². The minimum atomic E-state index is -0.453. The second kappa shape index (κ2) is 12.7. The van der Waals surface area contributed by atoms with Gasteiger partial charge in [-0.05, 0) is 58.1 Å². The first-order chi connectivity index (χ1) is 21.3. The van der Waals surface area contributed by atoms with E-state index in [1.807, 2.05) is 84.9 Å². The summed E-state index contributed by atoms with van der Waals surface area (Å²) in [6.45, 7) is -0.00491. The van der Waals surface area contributed by atoms with Gasteiger partial charge >= 0.3 is 6.09 Å². The summed E-state index contributed by atoms with van der Waals surface area (Å²) in [6, 6.07) is 28.1. The molecule has 3 aliphatic rings. The van der Waals surface area contributed by atoms with Gasteiger partial charge in [0.05, 0.1) is 26.4 Å². The van der Waals surface area contributed by atoms with Crippen molar-refractivity contribution in [3.05, 3.63) is 96.1 Å². The van der Waals surface area contributed by atoms with Gasteiger partial charge in [-0.15, -0.1) is 0 Å². The quantitative estimate of drug-likeness (QED) is 0.148. The zero-order chi connectivity index (χ0) is 30.4. The minimum Gasteiger partial charge on any atom is -1.00 e. The Bertz CT molecular complexity index is 1710. The number of ether oxygens (including phenoxy) is 2. The second-order valence-corrected chi connectivity index (χ2v) is 12.8. The number of morpholine rings is 1. The van der Waals surface area contributed by atoms with Gasteiger partial charge in [0.2, 0.25) is 5.91 Å². The summed E-state index contributed by atoms with van der Waals surface area (Å²) in [5, 5.41) is 17.4. The number of aliphatic hydroxyl groups excluding tert-OH is 1. The third-order valence-electron chi connectivity index (χ3n) is 9.73. The van der Waals surface area contributed by atoms with Crippen LogP contribution in [0, 0.1) is 0 Å². The van der Waals surface area contributed by atoms with E-state index in [4.69, 9.17) is 9.47 Å². The molecule has 1 unspecified atom stereocenters. The maximum absolute atomic E-state index is 13.2. The molecule has 3 aliphatic heterocycles. The monoisotopic (exact) mass is 719 g/mol. The van der Waals surface area contributed by atoms with Crippen LogP contribution in [0.3, 0.4) is 0 Å². The van der Waals surface area contributed by atoms with Crippen LogP contribution in [0.25, 0.3) is 21.9 Å². The smallest absolute Gasteiger partial charge is 0.411 e. The van der Waals surface area contributed by atoms with Gasteiger partial charge < -0.3 is 48.4 Å². The Morgan fingerprint density at radius 2 is 1.56 bits per heavy atom. The molecule has 0 aromatic heterocycles. The van der Waals surface area contributed by atoms with Crippen molar-refractivity contribution < 1.29 is 52.6 Å². The van der Waals surface area contributed by atoms with Crippen LogP contribution in [0.1, 0.15) is 30.4 Å². The summed E-state index contributed by atoms with van der Waals surface area (Å²) in [4.78, 5) is 26.1. The molecule has 9 heteroatoms. The molecular weight excluding hydrogens is 681 g/mol. The SMILES string of the molecule is C[N+]1(C)[C@@H]2CC(OC(=O)Nc3cc(CCC(=O)Nc4ccc5cc(CO)ccc5c4)ccc3-c3ccccc3)C[C@H]1[C@@H]1O[C@@H]12.[I-]. The molecule has 5 atom stereocenters. The molecule has 0 saturated carbocycles. The number of hydrogen-bond donors (Lipinski definition) is 3. The van der Waals surface area contributed by atoms with Crippen molar-refractivity contribution in [2.75, 3.05) is 24.7 Å². The van der Waals surface area contributed by atoms with Crippen LogP contribution in [0.2, 0.25) is 0 Å². The summed E-state index contributed by atoms with van der Waals surface area (Å²) >= 11 is 0. The van der Waals surface area contributed by atoms with Crippen molar-refractivity contribution >= 4 is 34.1 Å². The fourth-order valence-electron chi connectivity index (χ4n) is 7.26. The molecule has 3 N–H and O–H groups in total. The molecule has 3 fully saturated rings. The van der Waals surface area contributed by atoms with Crippen molar-refractivity contribution in [2.45, 2.75) is 62.7 Å². The van der Waals surface area contributed by atoms with E-state index in [-0.39, 0.29) is 42.6 Å². The Hall–Kier alpha value is -3.51. The lowest BCUT2D eigenvalue weighted by Crippen LogP contribution is -3.00. The molecule has 4 aromatic carbocycles. The number of aryl methyl sites for hydroxylation is 1. The van der Waals surface area contributed by atoms with Gasteiger partial charge in [0.15, 0.2) is 0 Å². The number of benzene rings is 4. The summed E-state index contributed by atoms with van der Waals surface area (Å²) in [7, 11) is 4.52. The van der Waals surface area contributed by atoms with Gasteiger partial charge in [-0.1, -0.05) is 60.7 Å². The lowest BCUT2D eigenvalue weighted by atomic mass is 9.96. The van der Waals surface area contributed by atoms with Crippen LogP contribution in [-0.2, 0) is 27.3 Å². The molecule has 0 aliphatic carbocycles. The number of carbonyl (C=O) groups excluding carboxylic acids is 2. The lowest BCUT2D eigenvalue weighted by Gasteiger charge is -2.45. The number of fused-ring (bicyclic) bond motifs is 6. The number of piperidine rings is 1. The zero-order valence-electron chi connectivity index (χ0n) is 25.4. The average Bonchev–Trinajstić information content (AvgIpc) is 3.79. The zero-order valence-corrected chi connectivity index (χ0v) is 27.6. The molecule has 3 heterocycles. The Kier molecular flexibility index (Phi) is 8.89. The van der Waals surface area contributed by atoms with Gasteiger partial charge in [-0.3, -0.25) is 10.1 Å². The Morgan fingerprint density at radius 1 is 0.867 bits per heavy atom. The van der Waals surface area contributed by atoms with Gasteiger partial charge in [0.1, 0.15) is 30.4 Å². The van der Waals surface area contributed by atoms with Gasteiger partial charge in [-0.2, -0.15) is 0 Å². The van der Waals surface area contributed by atoms with Crippen LogP contribution in [0.5, 0.6) is 0 Å².